The molecule has 0 fully saturated rings. The molecule has 0 aromatic heterocycles. The maximum absolute atomic E-state index is 11.4. The predicted octanol–water partition coefficient (Wildman–Crippen LogP) is 4.29. The van der Waals surface area contributed by atoms with Crippen molar-refractivity contribution in [2.24, 2.45) is 0 Å². The van der Waals surface area contributed by atoms with E-state index in [1.807, 2.05) is 32.9 Å². The van der Waals surface area contributed by atoms with Crippen LogP contribution in [0.3, 0.4) is 0 Å². The van der Waals surface area contributed by atoms with Crippen LogP contribution in [0.25, 0.3) is 11.1 Å². The molecule has 98 valence electrons. The zero-order valence-electron chi connectivity index (χ0n) is 11.7. The van der Waals surface area contributed by atoms with Crippen LogP contribution in [0.2, 0.25) is 0 Å². The quantitative estimate of drug-likeness (QED) is 0.868. The summed E-state index contributed by atoms with van der Waals surface area (Å²) in [5.74, 6) is -0.880. The first-order valence-electron chi connectivity index (χ1n) is 6.32. The molecule has 1 N–H and O–H groups in total. The Balaban J connectivity index is 2.78. The molecule has 0 saturated heterocycles. The molecule has 0 amide bonds. The van der Waals surface area contributed by atoms with E-state index < -0.39 is 5.97 Å². The minimum atomic E-state index is -0.880. The highest BCUT2D eigenvalue weighted by Crippen LogP contribution is 2.31. The summed E-state index contributed by atoms with van der Waals surface area (Å²) in [7, 11) is 0. The molecule has 0 unspecified atom stereocenters. The van der Waals surface area contributed by atoms with Crippen molar-refractivity contribution in [3.8, 4) is 11.1 Å². The summed E-state index contributed by atoms with van der Waals surface area (Å²) in [5, 5.41) is 9.35. The average molecular weight is 254 g/mol. The fourth-order valence-electron chi connectivity index (χ4n) is 2.66. The molecule has 0 atom stereocenters. The van der Waals surface area contributed by atoms with Crippen LogP contribution in [0.4, 0.5) is 0 Å². The number of benzene rings is 2. The maximum atomic E-state index is 11.4. The number of carboxylic acids is 1. The van der Waals surface area contributed by atoms with Gasteiger partial charge in [0.25, 0.3) is 0 Å². The maximum Gasteiger partial charge on any atom is 0.336 e. The van der Waals surface area contributed by atoms with E-state index in [1.54, 1.807) is 6.07 Å². The Morgan fingerprint density at radius 1 is 0.895 bits per heavy atom. The highest BCUT2D eigenvalue weighted by molar-refractivity contribution is 5.97. The molecular formula is C17H18O2. The van der Waals surface area contributed by atoms with Gasteiger partial charge in [-0.1, -0.05) is 35.4 Å². The van der Waals surface area contributed by atoms with Gasteiger partial charge in [0.05, 0.1) is 5.56 Å². The highest BCUT2D eigenvalue weighted by atomic mass is 16.4. The largest absolute Gasteiger partial charge is 0.478 e. The van der Waals surface area contributed by atoms with E-state index in [0.29, 0.717) is 5.56 Å². The molecule has 2 heteroatoms. The van der Waals surface area contributed by atoms with Crippen molar-refractivity contribution in [3.63, 3.8) is 0 Å². The van der Waals surface area contributed by atoms with Gasteiger partial charge >= 0.3 is 5.97 Å². The third-order valence-electron chi connectivity index (χ3n) is 3.35. The molecule has 0 heterocycles. The standard InChI is InChI=1S/C17H18O2/c1-10-5-6-14(17(18)19)15(9-10)16-12(3)7-11(2)8-13(16)4/h5-9H,1-4H3,(H,18,19). The lowest BCUT2D eigenvalue weighted by Crippen LogP contribution is -2.02. The van der Waals surface area contributed by atoms with E-state index in [1.165, 1.54) is 5.56 Å². The smallest absolute Gasteiger partial charge is 0.336 e. The van der Waals surface area contributed by atoms with E-state index in [9.17, 15) is 9.90 Å². The van der Waals surface area contributed by atoms with Gasteiger partial charge in [0.1, 0.15) is 0 Å². The summed E-state index contributed by atoms with van der Waals surface area (Å²) < 4.78 is 0. The Bertz CT molecular complexity index is 631. The SMILES string of the molecule is Cc1cc(C)c(-c2cc(C)ccc2C(=O)O)c(C)c1. The zero-order valence-corrected chi connectivity index (χ0v) is 11.7. The van der Waals surface area contributed by atoms with Gasteiger partial charge in [-0.15, -0.1) is 0 Å². The Kier molecular flexibility index (Phi) is 3.43. The minimum absolute atomic E-state index is 0.362. The molecule has 19 heavy (non-hydrogen) atoms. The van der Waals surface area contributed by atoms with Crippen LogP contribution in [0, 0.1) is 27.7 Å². The molecule has 0 bridgehead atoms. The lowest BCUT2D eigenvalue weighted by Gasteiger charge is -2.14. The third kappa shape index (κ3) is 2.53. The van der Waals surface area contributed by atoms with Crippen LogP contribution < -0.4 is 0 Å². The monoisotopic (exact) mass is 254 g/mol. The van der Waals surface area contributed by atoms with E-state index >= 15 is 0 Å². The van der Waals surface area contributed by atoms with Crippen LogP contribution in [0.15, 0.2) is 30.3 Å². The van der Waals surface area contributed by atoms with Gasteiger partial charge in [0.15, 0.2) is 0 Å². The zero-order chi connectivity index (χ0) is 14.2. The van der Waals surface area contributed by atoms with E-state index in [-0.39, 0.29) is 0 Å². The van der Waals surface area contributed by atoms with Gasteiger partial charge in [0.2, 0.25) is 0 Å². The first-order chi connectivity index (χ1) is 8.90. The molecule has 2 rings (SSSR count). The Hall–Kier alpha value is -2.09. The molecule has 0 aliphatic carbocycles. The Labute approximate surface area is 113 Å². The molecule has 0 aliphatic rings. The number of aryl methyl sites for hydroxylation is 4. The van der Waals surface area contributed by atoms with Crippen LogP contribution in [0.5, 0.6) is 0 Å². The summed E-state index contributed by atoms with van der Waals surface area (Å²) in [6, 6.07) is 9.66. The number of hydrogen-bond donors (Lipinski definition) is 1. The van der Waals surface area contributed by atoms with Gasteiger partial charge in [-0.2, -0.15) is 0 Å². The summed E-state index contributed by atoms with van der Waals surface area (Å²) in [6.07, 6.45) is 0. The van der Waals surface area contributed by atoms with Crippen molar-refractivity contribution in [1.29, 1.82) is 0 Å². The molecule has 0 aliphatic heterocycles. The molecule has 0 radical (unpaired) electrons. The Morgan fingerprint density at radius 2 is 1.47 bits per heavy atom. The van der Waals surface area contributed by atoms with Crippen molar-refractivity contribution in [1.82, 2.24) is 0 Å². The molecule has 2 aromatic carbocycles. The van der Waals surface area contributed by atoms with Gasteiger partial charge < -0.3 is 5.11 Å². The number of carboxylic acid groups (broad SMARTS) is 1. The summed E-state index contributed by atoms with van der Waals surface area (Å²) in [4.78, 5) is 11.4. The molecule has 0 spiro atoms. The van der Waals surface area contributed by atoms with Gasteiger partial charge in [-0.3, -0.25) is 0 Å². The van der Waals surface area contributed by atoms with E-state index in [0.717, 1.165) is 27.8 Å². The third-order valence-corrected chi connectivity index (χ3v) is 3.35. The predicted molar refractivity (Wildman–Crippen MR) is 77.8 cm³/mol. The van der Waals surface area contributed by atoms with Crippen LogP contribution >= 0.6 is 0 Å². The topological polar surface area (TPSA) is 37.3 Å². The number of carbonyl (C=O) groups is 1. The molecule has 0 saturated carbocycles. The van der Waals surface area contributed by atoms with E-state index in [2.05, 4.69) is 19.1 Å². The van der Waals surface area contributed by atoms with Crippen LogP contribution in [0.1, 0.15) is 32.6 Å². The van der Waals surface area contributed by atoms with Crippen molar-refractivity contribution < 1.29 is 9.90 Å². The van der Waals surface area contributed by atoms with Gasteiger partial charge in [0, 0.05) is 0 Å². The normalized spacial score (nSPS) is 10.5. The van der Waals surface area contributed by atoms with Crippen molar-refractivity contribution in [3.05, 3.63) is 58.1 Å². The minimum Gasteiger partial charge on any atom is -0.478 e. The van der Waals surface area contributed by atoms with Gasteiger partial charge in [-0.05, 0) is 56.0 Å². The number of hydrogen-bond acceptors (Lipinski definition) is 1. The van der Waals surface area contributed by atoms with Crippen molar-refractivity contribution in [2.45, 2.75) is 27.7 Å². The van der Waals surface area contributed by atoms with Crippen LogP contribution in [-0.2, 0) is 0 Å². The second-order valence-corrected chi connectivity index (χ2v) is 5.13. The first kappa shape index (κ1) is 13.3. The summed E-state index contributed by atoms with van der Waals surface area (Å²) in [6.45, 7) is 8.10. The first-order valence-corrected chi connectivity index (χ1v) is 6.32. The highest BCUT2D eigenvalue weighted by Gasteiger charge is 2.15. The average Bonchev–Trinajstić information content (AvgIpc) is 2.27. The summed E-state index contributed by atoms with van der Waals surface area (Å²) in [5.41, 5.74) is 6.70. The van der Waals surface area contributed by atoms with Crippen molar-refractivity contribution >= 4 is 5.97 Å². The van der Waals surface area contributed by atoms with E-state index in [4.69, 9.17) is 0 Å². The number of aromatic carboxylic acids is 1. The fraction of sp³-hybridized carbons (Fsp3) is 0.235. The lowest BCUT2D eigenvalue weighted by molar-refractivity contribution is 0.0698. The fourth-order valence-corrected chi connectivity index (χ4v) is 2.66. The van der Waals surface area contributed by atoms with Gasteiger partial charge in [-0.25, -0.2) is 4.79 Å². The van der Waals surface area contributed by atoms with Crippen molar-refractivity contribution in [2.75, 3.05) is 0 Å². The molecule has 2 aromatic rings. The second-order valence-electron chi connectivity index (χ2n) is 5.13. The summed E-state index contributed by atoms with van der Waals surface area (Å²) >= 11 is 0. The van der Waals surface area contributed by atoms with Crippen LogP contribution in [-0.4, -0.2) is 11.1 Å². The lowest BCUT2D eigenvalue weighted by atomic mass is 9.90. The molecule has 2 nitrogen and oxygen atoms in total. The Morgan fingerprint density at radius 3 is 2.00 bits per heavy atom. The number of rotatable bonds is 2. The second kappa shape index (κ2) is 4.88. The molecular weight excluding hydrogens is 236 g/mol.